The summed E-state index contributed by atoms with van der Waals surface area (Å²) in [6.07, 6.45) is 2.08. The van der Waals surface area contributed by atoms with Crippen LogP contribution in [0, 0.1) is 11.3 Å². The first-order valence-electron chi connectivity index (χ1n) is 7.64. The summed E-state index contributed by atoms with van der Waals surface area (Å²) in [5.74, 6) is -0.0317. The topological polar surface area (TPSA) is 75.0 Å². The summed E-state index contributed by atoms with van der Waals surface area (Å²) >= 11 is 6.16. The molecule has 1 aromatic carbocycles. The maximum Gasteiger partial charge on any atom is 0.339 e. The van der Waals surface area contributed by atoms with E-state index in [0.717, 1.165) is 24.2 Å². The molecule has 2 aromatic rings. The molecule has 0 spiro atoms. The fourth-order valence-electron chi connectivity index (χ4n) is 2.54. The van der Waals surface area contributed by atoms with E-state index in [1.807, 2.05) is 0 Å². The number of aromatic nitrogens is 1. The van der Waals surface area contributed by atoms with E-state index in [4.69, 9.17) is 16.3 Å². The van der Waals surface area contributed by atoms with Crippen molar-refractivity contribution in [2.75, 3.05) is 12.4 Å². The molecule has 0 amide bonds. The van der Waals surface area contributed by atoms with Gasteiger partial charge in [-0.05, 0) is 37.1 Å². The van der Waals surface area contributed by atoms with Crippen LogP contribution in [0.15, 0.2) is 30.3 Å². The molecule has 0 atom stereocenters. The number of esters is 1. The fraction of sp³-hybridized carbons (Fsp3) is 0.278. The highest BCUT2D eigenvalue weighted by molar-refractivity contribution is 6.33. The van der Waals surface area contributed by atoms with Crippen molar-refractivity contribution in [1.29, 1.82) is 5.26 Å². The van der Waals surface area contributed by atoms with Crippen LogP contribution in [0.4, 0.5) is 5.69 Å². The molecule has 0 radical (unpaired) electrons. The SMILES string of the molecule is COC(=O)c1ccc(CNc2c(Cl)cccc2C#N)nc1C1CC1. The van der Waals surface area contributed by atoms with Crippen molar-refractivity contribution in [1.82, 2.24) is 4.98 Å². The Bertz CT molecular complexity index is 825. The van der Waals surface area contributed by atoms with Crippen LogP contribution < -0.4 is 5.32 Å². The van der Waals surface area contributed by atoms with Crippen LogP contribution in [0.25, 0.3) is 0 Å². The molecule has 5 nitrogen and oxygen atoms in total. The summed E-state index contributed by atoms with van der Waals surface area (Å²) in [6, 6.07) is 10.8. The van der Waals surface area contributed by atoms with Crippen molar-refractivity contribution in [3.63, 3.8) is 0 Å². The zero-order valence-corrected chi connectivity index (χ0v) is 13.9. The van der Waals surface area contributed by atoms with Gasteiger partial charge in [0.05, 0.1) is 46.9 Å². The number of halogens is 1. The lowest BCUT2D eigenvalue weighted by Crippen LogP contribution is -2.10. The largest absolute Gasteiger partial charge is 0.465 e. The van der Waals surface area contributed by atoms with Crippen LogP contribution in [0.1, 0.15) is 46.1 Å². The Labute approximate surface area is 145 Å². The Morgan fingerprint density at radius 3 is 2.88 bits per heavy atom. The third kappa shape index (κ3) is 3.34. The molecule has 3 rings (SSSR count). The van der Waals surface area contributed by atoms with Gasteiger partial charge in [-0.2, -0.15) is 5.26 Å². The highest BCUT2D eigenvalue weighted by Gasteiger charge is 2.30. The van der Waals surface area contributed by atoms with Crippen molar-refractivity contribution in [3.8, 4) is 6.07 Å². The molecule has 0 aliphatic heterocycles. The van der Waals surface area contributed by atoms with E-state index in [-0.39, 0.29) is 5.97 Å². The number of hydrogen-bond donors (Lipinski definition) is 1. The van der Waals surface area contributed by atoms with Gasteiger partial charge in [-0.3, -0.25) is 4.98 Å². The van der Waals surface area contributed by atoms with Gasteiger partial charge in [0.15, 0.2) is 0 Å². The Balaban J connectivity index is 1.83. The smallest absolute Gasteiger partial charge is 0.339 e. The number of pyridine rings is 1. The lowest BCUT2D eigenvalue weighted by molar-refractivity contribution is 0.0598. The van der Waals surface area contributed by atoms with Crippen molar-refractivity contribution >= 4 is 23.3 Å². The predicted molar refractivity (Wildman–Crippen MR) is 91.0 cm³/mol. The van der Waals surface area contributed by atoms with Crippen LogP contribution in [-0.2, 0) is 11.3 Å². The van der Waals surface area contributed by atoms with E-state index in [2.05, 4.69) is 16.4 Å². The summed E-state index contributed by atoms with van der Waals surface area (Å²) in [5.41, 5.74) is 3.18. The minimum absolute atomic E-state index is 0.328. The summed E-state index contributed by atoms with van der Waals surface area (Å²) in [7, 11) is 1.37. The predicted octanol–water partition coefficient (Wildman–Crippen LogP) is 3.88. The highest BCUT2D eigenvalue weighted by atomic mass is 35.5. The van der Waals surface area contributed by atoms with Crippen molar-refractivity contribution in [3.05, 3.63) is 57.9 Å². The molecule has 24 heavy (non-hydrogen) atoms. The minimum Gasteiger partial charge on any atom is -0.465 e. The van der Waals surface area contributed by atoms with Crippen LogP contribution in [-0.4, -0.2) is 18.1 Å². The molecule has 1 aromatic heterocycles. The first kappa shape index (κ1) is 16.3. The van der Waals surface area contributed by atoms with E-state index in [1.54, 1.807) is 30.3 Å². The maximum absolute atomic E-state index is 11.9. The van der Waals surface area contributed by atoms with Gasteiger partial charge in [-0.15, -0.1) is 0 Å². The van der Waals surface area contributed by atoms with E-state index in [9.17, 15) is 10.1 Å². The number of nitrogens with one attached hydrogen (secondary N) is 1. The number of carbonyl (C=O) groups is 1. The molecule has 122 valence electrons. The molecular formula is C18H16ClN3O2. The van der Waals surface area contributed by atoms with Crippen LogP contribution in [0.2, 0.25) is 5.02 Å². The third-order valence-electron chi connectivity index (χ3n) is 3.93. The number of nitrogens with zero attached hydrogens (tertiary/aromatic N) is 2. The Morgan fingerprint density at radius 1 is 1.42 bits per heavy atom. The molecule has 0 unspecified atom stereocenters. The van der Waals surface area contributed by atoms with Gasteiger partial charge in [-0.25, -0.2) is 4.79 Å². The number of para-hydroxylation sites is 1. The molecule has 6 heteroatoms. The summed E-state index contributed by atoms with van der Waals surface area (Å²) in [6.45, 7) is 0.416. The number of rotatable bonds is 5. The number of hydrogen-bond acceptors (Lipinski definition) is 5. The number of nitriles is 1. The van der Waals surface area contributed by atoms with Gasteiger partial charge in [-0.1, -0.05) is 17.7 Å². The number of methoxy groups -OCH3 is 1. The van der Waals surface area contributed by atoms with Crippen LogP contribution in [0.5, 0.6) is 0 Å². The average Bonchev–Trinajstić information content (AvgIpc) is 3.44. The number of carbonyl (C=O) groups excluding carboxylic acids is 1. The van der Waals surface area contributed by atoms with E-state index < -0.39 is 0 Å². The second-order valence-corrected chi connectivity index (χ2v) is 6.04. The quantitative estimate of drug-likeness (QED) is 0.835. The van der Waals surface area contributed by atoms with Gasteiger partial charge < -0.3 is 10.1 Å². The zero-order chi connectivity index (χ0) is 17.1. The molecule has 1 heterocycles. The Hall–Kier alpha value is -2.58. The normalized spacial score (nSPS) is 13.2. The number of ether oxygens (including phenoxy) is 1. The van der Waals surface area contributed by atoms with E-state index >= 15 is 0 Å². The summed E-state index contributed by atoms with van der Waals surface area (Å²) < 4.78 is 4.82. The molecule has 0 bridgehead atoms. The van der Waals surface area contributed by atoms with Crippen LogP contribution in [0.3, 0.4) is 0 Å². The average molecular weight is 342 g/mol. The van der Waals surface area contributed by atoms with Crippen LogP contribution >= 0.6 is 11.6 Å². The van der Waals surface area contributed by atoms with Gasteiger partial charge in [0.25, 0.3) is 0 Å². The standard InChI is InChI=1S/C18H16ClN3O2/c1-24-18(23)14-8-7-13(22-16(14)11-5-6-11)10-21-17-12(9-20)3-2-4-15(17)19/h2-4,7-8,11,21H,5-6,10H2,1H3. The minimum atomic E-state index is -0.359. The molecular weight excluding hydrogens is 326 g/mol. The first-order valence-corrected chi connectivity index (χ1v) is 8.02. The fourth-order valence-corrected chi connectivity index (χ4v) is 2.78. The van der Waals surface area contributed by atoms with Crippen molar-refractivity contribution in [2.24, 2.45) is 0 Å². The van der Waals surface area contributed by atoms with Gasteiger partial charge in [0.1, 0.15) is 6.07 Å². The number of anilines is 1. The van der Waals surface area contributed by atoms with E-state index in [0.29, 0.717) is 34.3 Å². The molecule has 1 aliphatic rings. The molecule has 1 N–H and O–H groups in total. The maximum atomic E-state index is 11.9. The van der Waals surface area contributed by atoms with Gasteiger partial charge in [0, 0.05) is 5.92 Å². The summed E-state index contributed by atoms with van der Waals surface area (Å²) in [4.78, 5) is 16.5. The van der Waals surface area contributed by atoms with Crippen molar-refractivity contribution < 1.29 is 9.53 Å². The second-order valence-electron chi connectivity index (χ2n) is 5.63. The Kier molecular flexibility index (Phi) is 4.68. The lowest BCUT2D eigenvalue weighted by Gasteiger charge is -2.12. The lowest BCUT2D eigenvalue weighted by atomic mass is 10.1. The molecule has 0 saturated heterocycles. The summed E-state index contributed by atoms with van der Waals surface area (Å²) in [5, 5.41) is 12.8. The first-order chi connectivity index (χ1) is 11.6. The van der Waals surface area contributed by atoms with Gasteiger partial charge >= 0.3 is 5.97 Å². The Morgan fingerprint density at radius 2 is 2.21 bits per heavy atom. The molecule has 1 fully saturated rings. The highest BCUT2D eigenvalue weighted by Crippen LogP contribution is 2.41. The third-order valence-corrected chi connectivity index (χ3v) is 4.25. The molecule has 1 saturated carbocycles. The zero-order valence-electron chi connectivity index (χ0n) is 13.2. The monoisotopic (exact) mass is 341 g/mol. The van der Waals surface area contributed by atoms with Gasteiger partial charge in [0.2, 0.25) is 0 Å². The second kappa shape index (κ2) is 6.90. The number of benzene rings is 1. The molecule has 1 aliphatic carbocycles. The van der Waals surface area contributed by atoms with Crippen molar-refractivity contribution in [2.45, 2.75) is 25.3 Å². The van der Waals surface area contributed by atoms with E-state index in [1.165, 1.54) is 7.11 Å².